The van der Waals surface area contributed by atoms with Crippen LogP contribution in [0.5, 0.6) is 0 Å². The first-order valence-electron chi connectivity index (χ1n) is 7.42. The van der Waals surface area contributed by atoms with Crippen molar-refractivity contribution in [3.8, 4) is 11.5 Å². The van der Waals surface area contributed by atoms with E-state index in [-0.39, 0.29) is 11.7 Å². The third-order valence-electron chi connectivity index (χ3n) is 3.50. The summed E-state index contributed by atoms with van der Waals surface area (Å²) in [6, 6.07) is 11.4. The third kappa shape index (κ3) is 3.86. The Morgan fingerprint density at radius 3 is 2.79 bits per heavy atom. The Balaban J connectivity index is 1.57. The van der Waals surface area contributed by atoms with Gasteiger partial charge in [0, 0.05) is 12.6 Å². The van der Waals surface area contributed by atoms with Gasteiger partial charge in [0.25, 0.3) is 5.22 Å². The maximum Gasteiger partial charge on any atom is 0.277 e. The molecule has 7 heteroatoms. The van der Waals surface area contributed by atoms with Crippen LogP contribution < -0.4 is 0 Å². The molecule has 0 saturated heterocycles. The highest BCUT2D eigenvalue weighted by molar-refractivity contribution is 7.99. The molecule has 0 spiro atoms. The van der Waals surface area contributed by atoms with E-state index in [2.05, 4.69) is 10.2 Å². The highest BCUT2D eigenvalue weighted by Crippen LogP contribution is 2.25. The molecule has 24 heavy (non-hydrogen) atoms. The van der Waals surface area contributed by atoms with Crippen molar-refractivity contribution in [1.82, 2.24) is 15.1 Å². The van der Waals surface area contributed by atoms with Crippen molar-refractivity contribution >= 4 is 17.7 Å². The van der Waals surface area contributed by atoms with Crippen LogP contribution in [-0.2, 0) is 11.3 Å². The lowest BCUT2D eigenvalue weighted by atomic mass is 10.1. The minimum atomic E-state index is -0.0351. The molecular weight excluding hydrogens is 326 g/mol. The number of furan rings is 1. The fourth-order valence-electron chi connectivity index (χ4n) is 2.15. The minimum Gasteiger partial charge on any atom is -0.467 e. The van der Waals surface area contributed by atoms with Crippen LogP contribution in [0.15, 0.2) is 56.7 Å². The molecule has 0 saturated carbocycles. The number of hydrogen-bond acceptors (Lipinski definition) is 6. The Labute approximate surface area is 143 Å². The van der Waals surface area contributed by atoms with E-state index in [1.54, 1.807) is 24.3 Å². The molecule has 2 heterocycles. The van der Waals surface area contributed by atoms with E-state index in [1.165, 1.54) is 11.8 Å². The molecule has 6 nitrogen and oxygen atoms in total. The maximum absolute atomic E-state index is 12.1. The SMILES string of the molecule is Cc1ccccc1-c1nnc(SCC(=O)N(C)Cc2ccco2)o1. The van der Waals surface area contributed by atoms with Gasteiger partial charge in [-0.3, -0.25) is 4.79 Å². The van der Waals surface area contributed by atoms with Crippen molar-refractivity contribution in [2.24, 2.45) is 0 Å². The number of hydrogen-bond donors (Lipinski definition) is 0. The summed E-state index contributed by atoms with van der Waals surface area (Å²) in [6.07, 6.45) is 1.59. The summed E-state index contributed by atoms with van der Waals surface area (Å²) in [4.78, 5) is 13.7. The molecule has 0 atom stereocenters. The minimum absolute atomic E-state index is 0.0351. The molecule has 1 aromatic carbocycles. The highest BCUT2D eigenvalue weighted by atomic mass is 32.2. The van der Waals surface area contributed by atoms with E-state index < -0.39 is 0 Å². The summed E-state index contributed by atoms with van der Waals surface area (Å²) in [5.74, 6) is 1.40. The number of carbonyl (C=O) groups excluding carboxylic acids is 1. The molecule has 0 radical (unpaired) electrons. The van der Waals surface area contributed by atoms with Gasteiger partial charge in [0.15, 0.2) is 0 Å². The molecule has 0 unspecified atom stereocenters. The van der Waals surface area contributed by atoms with Gasteiger partial charge < -0.3 is 13.7 Å². The molecule has 0 bridgehead atoms. The summed E-state index contributed by atoms with van der Waals surface area (Å²) >= 11 is 1.23. The molecular formula is C17H17N3O3S. The molecule has 0 N–H and O–H groups in total. The van der Waals surface area contributed by atoms with E-state index in [4.69, 9.17) is 8.83 Å². The summed E-state index contributed by atoms with van der Waals surface area (Å²) in [7, 11) is 1.73. The first-order chi connectivity index (χ1) is 11.6. The molecule has 1 amide bonds. The number of carbonyl (C=O) groups is 1. The predicted molar refractivity (Wildman–Crippen MR) is 90.4 cm³/mol. The smallest absolute Gasteiger partial charge is 0.277 e. The van der Waals surface area contributed by atoms with Crippen molar-refractivity contribution in [2.45, 2.75) is 18.7 Å². The molecule has 0 aliphatic rings. The lowest BCUT2D eigenvalue weighted by molar-refractivity contribution is -0.127. The van der Waals surface area contributed by atoms with Crippen molar-refractivity contribution in [3.63, 3.8) is 0 Å². The number of nitrogens with zero attached hydrogens (tertiary/aromatic N) is 3. The van der Waals surface area contributed by atoms with Crippen molar-refractivity contribution < 1.29 is 13.6 Å². The summed E-state index contributed by atoms with van der Waals surface area (Å²) in [5, 5.41) is 8.43. The Hall–Kier alpha value is -2.54. The summed E-state index contributed by atoms with van der Waals surface area (Å²) in [6.45, 7) is 2.42. The Kier molecular flexibility index (Phi) is 5.00. The Morgan fingerprint density at radius 1 is 1.21 bits per heavy atom. The van der Waals surface area contributed by atoms with E-state index in [9.17, 15) is 4.79 Å². The quantitative estimate of drug-likeness (QED) is 0.639. The number of rotatable bonds is 6. The lowest BCUT2D eigenvalue weighted by Gasteiger charge is -2.14. The van der Waals surface area contributed by atoms with Crippen LogP contribution in [0.3, 0.4) is 0 Å². The van der Waals surface area contributed by atoms with Gasteiger partial charge in [0.05, 0.1) is 18.6 Å². The summed E-state index contributed by atoms with van der Waals surface area (Å²) < 4.78 is 10.9. The fourth-order valence-corrected chi connectivity index (χ4v) is 2.85. The number of benzene rings is 1. The van der Waals surface area contributed by atoms with E-state index in [0.29, 0.717) is 17.7 Å². The van der Waals surface area contributed by atoms with Crippen LogP contribution in [0.4, 0.5) is 0 Å². The van der Waals surface area contributed by atoms with Crippen LogP contribution in [0.2, 0.25) is 0 Å². The zero-order valence-electron chi connectivity index (χ0n) is 13.4. The Morgan fingerprint density at radius 2 is 2.04 bits per heavy atom. The zero-order chi connectivity index (χ0) is 16.9. The topological polar surface area (TPSA) is 72.4 Å². The van der Waals surface area contributed by atoms with Gasteiger partial charge in [-0.15, -0.1) is 10.2 Å². The number of aryl methyl sites for hydroxylation is 1. The average molecular weight is 343 g/mol. The lowest BCUT2D eigenvalue weighted by Crippen LogP contribution is -2.27. The van der Waals surface area contributed by atoms with Crippen molar-refractivity contribution in [3.05, 3.63) is 54.0 Å². The Bertz CT molecular complexity index is 814. The third-order valence-corrected chi connectivity index (χ3v) is 4.30. The molecule has 2 aromatic heterocycles. The molecule has 3 rings (SSSR count). The summed E-state index contributed by atoms with van der Waals surface area (Å²) in [5.41, 5.74) is 1.96. The van der Waals surface area contributed by atoms with Gasteiger partial charge in [0.1, 0.15) is 5.76 Å². The predicted octanol–water partition coefficient (Wildman–Crippen LogP) is 3.39. The van der Waals surface area contributed by atoms with Crippen LogP contribution in [0.25, 0.3) is 11.5 Å². The zero-order valence-corrected chi connectivity index (χ0v) is 14.2. The van der Waals surface area contributed by atoms with Gasteiger partial charge >= 0.3 is 0 Å². The fraction of sp³-hybridized carbons (Fsp3) is 0.235. The average Bonchev–Trinajstić information content (AvgIpc) is 3.24. The number of aromatic nitrogens is 2. The molecule has 124 valence electrons. The number of amides is 1. The van der Waals surface area contributed by atoms with Gasteiger partial charge in [-0.25, -0.2) is 0 Å². The second kappa shape index (κ2) is 7.35. The molecule has 0 aliphatic heterocycles. The normalized spacial score (nSPS) is 10.8. The molecule has 3 aromatic rings. The molecule has 0 fully saturated rings. The van der Waals surface area contributed by atoms with Gasteiger partial charge in [-0.2, -0.15) is 0 Å². The first-order valence-corrected chi connectivity index (χ1v) is 8.40. The second-order valence-electron chi connectivity index (χ2n) is 5.31. The van der Waals surface area contributed by atoms with Gasteiger partial charge in [0.2, 0.25) is 11.8 Å². The first kappa shape index (κ1) is 16.3. The largest absolute Gasteiger partial charge is 0.467 e. The van der Waals surface area contributed by atoms with Crippen molar-refractivity contribution in [1.29, 1.82) is 0 Å². The highest BCUT2D eigenvalue weighted by Gasteiger charge is 2.15. The van der Waals surface area contributed by atoms with Crippen molar-refractivity contribution in [2.75, 3.05) is 12.8 Å². The van der Waals surface area contributed by atoms with E-state index in [0.717, 1.165) is 16.9 Å². The second-order valence-corrected chi connectivity index (χ2v) is 6.23. The van der Waals surface area contributed by atoms with E-state index in [1.807, 2.05) is 37.3 Å². The maximum atomic E-state index is 12.1. The van der Waals surface area contributed by atoms with Crippen LogP contribution in [-0.4, -0.2) is 33.8 Å². The van der Waals surface area contributed by atoms with Gasteiger partial charge in [-0.1, -0.05) is 30.0 Å². The van der Waals surface area contributed by atoms with E-state index >= 15 is 0 Å². The monoisotopic (exact) mass is 343 g/mol. The number of thioether (sulfide) groups is 1. The standard InChI is InChI=1S/C17H17N3O3S/c1-12-6-3-4-8-14(12)16-18-19-17(23-16)24-11-15(21)20(2)10-13-7-5-9-22-13/h3-9H,10-11H2,1-2H3. The van der Waals surface area contributed by atoms with Gasteiger partial charge in [-0.05, 0) is 30.7 Å². The van der Waals surface area contributed by atoms with Crippen LogP contribution in [0.1, 0.15) is 11.3 Å². The van der Waals surface area contributed by atoms with Crippen LogP contribution >= 0.6 is 11.8 Å². The molecule has 0 aliphatic carbocycles. The van der Waals surface area contributed by atoms with Crippen LogP contribution in [0, 0.1) is 6.92 Å².